The van der Waals surface area contributed by atoms with Crippen molar-refractivity contribution in [3.8, 4) is 11.4 Å². The Morgan fingerprint density at radius 3 is 2.59 bits per heavy atom. The van der Waals surface area contributed by atoms with Crippen molar-refractivity contribution in [2.45, 2.75) is 26.4 Å². The molecule has 6 nitrogen and oxygen atoms in total. The van der Waals surface area contributed by atoms with Gasteiger partial charge >= 0.3 is 0 Å². The number of hydrogen-bond donors (Lipinski definition) is 2. The average molecular weight is 302 g/mol. The summed E-state index contributed by atoms with van der Waals surface area (Å²) in [5.41, 5.74) is 7.44. The van der Waals surface area contributed by atoms with Crippen molar-refractivity contribution in [3.05, 3.63) is 42.2 Å². The van der Waals surface area contributed by atoms with Gasteiger partial charge < -0.3 is 15.8 Å². The zero-order valence-corrected chi connectivity index (χ0v) is 13.1. The molecule has 0 aliphatic carbocycles. The molecule has 22 heavy (non-hydrogen) atoms. The van der Waals surface area contributed by atoms with E-state index in [0.717, 1.165) is 17.1 Å². The maximum Gasteiger partial charge on any atom is 0.224 e. The first kappa shape index (κ1) is 16.0. The number of rotatable bonds is 6. The number of nitrogens with zero attached hydrogens (tertiary/aromatic N) is 2. The molecule has 2 unspecified atom stereocenters. The van der Waals surface area contributed by atoms with E-state index >= 15 is 0 Å². The summed E-state index contributed by atoms with van der Waals surface area (Å²) in [7, 11) is 1.63. The van der Waals surface area contributed by atoms with Gasteiger partial charge in [0, 0.05) is 18.2 Å². The van der Waals surface area contributed by atoms with Gasteiger partial charge in [-0.15, -0.1) is 0 Å². The summed E-state index contributed by atoms with van der Waals surface area (Å²) >= 11 is 0. The predicted molar refractivity (Wildman–Crippen MR) is 84.8 cm³/mol. The predicted octanol–water partition coefficient (Wildman–Crippen LogP) is 1.48. The molecule has 118 valence electrons. The van der Waals surface area contributed by atoms with E-state index in [-0.39, 0.29) is 17.9 Å². The van der Waals surface area contributed by atoms with Crippen molar-refractivity contribution in [2.24, 2.45) is 11.7 Å². The normalized spacial score (nSPS) is 13.5. The van der Waals surface area contributed by atoms with Crippen molar-refractivity contribution in [2.75, 3.05) is 7.11 Å². The molecule has 0 saturated heterocycles. The van der Waals surface area contributed by atoms with Crippen LogP contribution in [0, 0.1) is 5.92 Å². The molecule has 0 saturated carbocycles. The molecular weight excluding hydrogens is 280 g/mol. The Labute approximate surface area is 130 Å². The maximum atomic E-state index is 11.9. The number of carbonyl (C=O) groups is 1. The second kappa shape index (κ2) is 7.09. The molecule has 2 atom stereocenters. The van der Waals surface area contributed by atoms with Crippen LogP contribution in [0.5, 0.6) is 5.75 Å². The van der Waals surface area contributed by atoms with Gasteiger partial charge in [-0.2, -0.15) is 5.10 Å². The van der Waals surface area contributed by atoms with E-state index in [1.165, 1.54) is 0 Å². The number of nitrogens with two attached hydrogens (primary N) is 1. The van der Waals surface area contributed by atoms with E-state index in [1.54, 1.807) is 11.8 Å². The SMILES string of the molecule is COc1ccc(-n2ccc(CNC(=O)C(C)C(C)N)n2)cc1. The highest BCUT2D eigenvalue weighted by atomic mass is 16.5. The van der Waals surface area contributed by atoms with Crippen molar-refractivity contribution in [1.82, 2.24) is 15.1 Å². The minimum atomic E-state index is -0.219. The lowest BCUT2D eigenvalue weighted by atomic mass is 10.0. The third-order valence-corrected chi connectivity index (χ3v) is 3.63. The molecular formula is C16H22N4O2. The zero-order valence-electron chi connectivity index (χ0n) is 13.1. The first-order valence-corrected chi connectivity index (χ1v) is 7.23. The molecule has 0 bridgehead atoms. The van der Waals surface area contributed by atoms with E-state index < -0.39 is 0 Å². The number of ether oxygens (including phenoxy) is 1. The molecule has 0 radical (unpaired) electrons. The van der Waals surface area contributed by atoms with Crippen molar-refractivity contribution < 1.29 is 9.53 Å². The first-order valence-electron chi connectivity index (χ1n) is 7.23. The van der Waals surface area contributed by atoms with Gasteiger partial charge in [0.25, 0.3) is 0 Å². The van der Waals surface area contributed by atoms with Crippen LogP contribution in [0.1, 0.15) is 19.5 Å². The Hall–Kier alpha value is -2.34. The standard InChI is InChI=1S/C16H22N4O2/c1-11(12(2)17)16(21)18-10-13-8-9-20(19-13)14-4-6-15(22-3)7-5-14/h4-9,11-12H,10,17H2,1-3H3,(H,18,21). The van der Waals surface area contributed by atoms with E-state index in [9.17, 15) is 4.79 Å². The van der Waals surface area contributed by atoms with Crippen LogP contribution in [-0.4, -0.2) is 28.8 Å². The fourth-order valence-corrected chi connectivity index (χ4v) is 1.91. The van der Waals surface area contributed by atoms with Gasteiger partial charge in [0.2, 0.25) is 5.91 Å². The van der Waals surface area contributed by atoms with Gasteiger partial charge in [0.05, 0.1) is 25.0 Å². The van der Waals surface area contributed by atoms with Gasteiger partial charge in [-0.05, 0) is 37.3 Å². The number of hydrogen-bond acceptors (Lipinski definition) is 4. The van der Waals surface area contributed by atoms with Gasteiger partial charge in [0.15, 0.2) is 0 Å². The van der Waals surface area contributed by atoms with E-state index in [0.29, 0.717) is 6.54 Å². The third-order valence-electron chi connectivity index (χ3n) is 3.63. The van der Waals surface area contributed by atoms with Crippen molar-refractivity contribution >= 4 is 5.91 Å². The number of benzene rings is 1. The molecule has 1 heterocycles. The second-order valence-electron chi connectivity index (χ2n) is 5.32. The number of methoxy groups -OCH3 is 1. The molecule has 1 aromatic carbocycles. The molecule has 2 aromatic rings. The highest BCUT2D eigenvalue weighted by Gasteiger charge is 2.16. The van der Waals surface area contributed by atoms with E-state index in [4.69, 9.17) is 10.5 Å². The number of nitrogens with one attached hydrogen (secondary N) is 1. The highest BCUT2D eigenvalue weighted by Crippen LogP contribution is 2.14. The summed E-state index contributed by atoms with van der Waals surface area (Å²) in [6, 6.07) is 9.31. The van der Waals surface area contributed by atoms with Crippen LogP contribution in [0.25, 0.3) is 5.69 Å². The monoisotopic (exact) mass is 302 g/mol. The summed E-state index contributed by atoms with van der Waals surface area (Å²) in [4.78, 5) is 11.9. The molecule has 0 fully saturated rings. The first-order chi connectivity index (χ1) is 10.5. The van der Waals surface area contributed by atoms with Gasteiger partial charge in [-0.3, -0.25) is 4.79 Å². The van der Waals surface area contributed by atoms with E-state index in [2.05, 4.69) is 10.4 Å². The summed E-state index contributed by atoms with van der Waals surface area (Å²) in [6.07, 6.45) is 1.86. The molecule has 3 N–H and O–H groups in total. The molecule has 0 spiro atoms. The maximum absolute atomic E-state index is 11.9. The Morgan fingerprint density at radius 1 is 1.32 bits per heavy atom. The molecule has 1 aromatic heterocycles. The number of amides is 1. The van der Waals surface area contributed by atoms with Crippen LogP contribution >= 0.6 is 0 Å². The summed E-state index contributed by atoms with van der Waals surface area (Å²) in [6.45, 7) is 4.03. The van der Waals surface area contributed by atoms with Crippen LogP contribution in [0.3, 0.4) is 0 Å². The molecule has 6 heteroatoms. The summed E-state index contributed by atoms with van der Waals surface area (Å²) < 4.78 is 6.89. The Balaban J connectivity index is 1.97. The molecule has 2 rings (SSSR count). The topological polar surface area (TPSA) is 82.2 Å². The fraction of sp³-hybridized carbons (Fsp3) is 0.375. The van der Waals surface area contributed by atoms with Crippen LogP contribution in [0.2, 0.25) is 0 Å². The van der Waals surface area contributed by atoms with Crippen LogP contribution in [0.15, 0.2) is 36.5 Å². The van der Waals surface area contributed by atoms with Gasteiger partial charge in [-0.25, -0.2) is 4.68 Å². The molecule has 0 aliphatic heterocycles. The Kier molecular flexibility index (Phi) is 5.16. The zero-order chi connectivity index (χ0) is 16.1. The van der Waals surface area contributed by atoms with Crippen LogP contribution in [-0.2, 0) is 11.3 Å². The average Bonchev–Trinajstić information content (AvgIpc) is 3.00. The quantitative estimate of drug-likeness (QED) is 0.847. The minimum absolute atomic E-state index is 0.0611. The van der Waals surface area contributed by atoms with E-state index in [1.807, 2.05) is 50.4 Å². The highest BCUT2D eigenvalue weighted by molar-refractivity contribution is 5.78. The third kappa shape index (κ3) is 3.85. The minimum Gasteiger partial charge on any atom is -0.497 e. The van der Waals surface area contributed by atoms with Gasteiger partial charge in [-0.1, -0.05) is 6.92 Å². The smallest absolute Gasteiger partial charge is 0.224 e. The van der Waals surface area contributed by atoms with Crippen LogP contribution in [0.4, 0.5) is 0 Å². The Morgan fingerprint density at radius 2 is 2.00 bits per heavy atom. The lowest BCUT2D eigenvalue weighted by Crippen LogP contribution is -2.38. The second-order valence-corrected chi connectivity index (χ2v) is 5.32. The summed E-state index contributed by atoms with van der Waals surface area (Å²) in [5, 5.41) is 7.29. The molecule has 1 amide bonds. The lowest BCUT2D eigenvalue weighted by Gasteiger charge is -2.14. The summed E-state index contributed by atoms with van der Waals surface area (Å²) in [5.74, 6) is 0.519. The number of carbonyl (C=O) groups excluding carboxylic acids is 1. The molecule has 0 aliphatic rings. The van der Waals surface area contributed by atoms with Crippen LogP contribution < -0.4 is 15.8 Å². The Bertz CT molecular complexity index is 619. The van der Waals surface area contributed by atoms with Gasteiger partial charge in [0.1, 0.15) is 5.75 Å². The van der Waals surface area contributed by atoms with Crippen molar-refractivity contribution in [3.63, 3.8) is 0 Å². The largest absolute Gasteiger partial charge is 0.497 e. The number of aromatic nitrogens is 2. The lowest BCUT2D eigenvalue weighted by molar-refractivity contribution is -0.125. The fourth-order valence-electron chi connectivity index (χ4n) is 1.91. The van der Waals surface area contributed by atoms with Crippen molar-refractivity contribution in [1.29, 1.82) is 0 Å².